The quantitative estimate of drug-likeness (QED) is 0.0195. The van der Waals surface area contributed by atoms with Crippen LogP contribution >= 0.6 is 0 Å². The predicted molar refractivity (Wildman–Crippen MR) is 333 cm³/mol. The maximum atomic E-state index is 13.0. The number of allylic oxidation sites excluding steroid dienone is 9. The number of ether oxygens (including phenoxy) is 3. The number of esters is 1. The van der Waals surface area contributed by atoms with Crippen LogP contribution in [0.5, 0.6) is 0 Å². The predicted octanol–water partition coefficient (Wildman–Crippen LogP) is 16.6. The molecule has 11 nitrogen and oxygen atoms in total. The van der Waals surface area contributed by atoms with Crippen molar-refractivity contribution in [1.82, 2.24) is 5.32 Å². The summed E-state index contributed by atoms with van der Waals surface area (Å²) in [6.45, 7) is 4.07. The van der Waals surface area contributed by atoms with Crippen LogP contribution in [0.15, 0.2) is 60.8 Å². The van der Waals surface area contributed by atoms with Gasteiger partial charge >= 0.3 is 5.97 Å². The average Bonchev–Trinajstić information content (AvgIpc) is 3.45. The molecule has 1 rings (SSSR count). The fourth-order valence-corrected chi connectivity index (χ4v) is 10.3. The van der Waals surface area contributed by atoms with Crippen molar-refractivity contribution < 1.29 is 49.3 Å². The van der Waals surface area contributed by atoms with E-state index >= 15 is 0 Å². The maximum absolute atomic E-state index is 13.0. The molecular weight excluding hydrogens is 1000 g/mol. The number of hydrogen-bond acceptors (Lipinski definition) is 10. The summed E-state index contributed by atoms with van der Waals surface area (Å²) in [6.07, 6.45) is 66.8. The van der Waals surface area contributed by atoms with Gasteiger partial charge in [-0.3, -0.25) is 9.59 Å². The normalized spacial score (nSPS) is 18.7. The average molecular weight is 1130 g/mol. The second-order valence-electron chi connectivity index (χ2n) is 23.2. The summed E-state index contributed by atoms with van der Waals surface area (Å²) in [5.41, 5.74) is 0. The molecule has 1 aliphatic heterocycles. The van der Waals surface area contributed by atoms with Gasteiger partial charge in [-0.15, -0.1) is 0 Å². The fourth-order valence-electron chi connectivity index (χ4n) is 10.3. The standard InChI is InChI=1S/C69H125NO10/c1-3-5-7-9-11-13-36-41-45-49-53-57-65(74)78-58-54-50-46-42-38-35-33-31-29-27-25-23-21-19-17-15-14-16-18-20-22-24-26-28-30-32-34-37-40-44-48-52-56-64(73)70-61(62(72)55-51-47-43-39-12-10-8-6-4-2)60-79-69-68(77)67(76)66(75)63(59-71)80-69/h4,6,9,11-12,17,19,39,51,55,61-63,66-69,71-72,75-77H,3,5,7-8,10,13-16,18,20-38,40-50,52-54,56-60H2,1-2H3,(H,70,73)/b6-4+,11-9-,19-17-,39-12+,55-51+. The van der Waals surface area contributed by atoms with E-state index in [9.17, 15) is 35.1 Å². The van der Waals surface area contributed by atoms with Crippen LogP contribution < -0.4 is 5.32 Å². The molecule has 7 atom stereocenters. The van der Waals surface area contributed by atoms with Gasteiger partial charge < -0.3 is 45.1 Å². The van der Waals surface area contributed by atoms with E-state index in [0.717, 1.165) is 64.2 Å². The van der Waals surface area contributed by atoms with E-state index in [4.69, 9.17) is 14.2 Å². The first kappa shape index (κ1) is 75.4. The number of carbonyl (C=O) groups excluding carboxylic acids is 2. The number of carbonyl (C=O) groups is 2. The van der Waals surface area contributed by atoms with Crippen LogP contribution in [0.25, 0.3) is 0 Å². The molecule has 6 N–H and O–H groups in total. The Morgan fingerprint density at radius 2 is 0.863 bits per heavy atom. The van der Waals surface area contributed by atoms with Crippen molar-refractivity contribution in [2.24, 2.45) is 0 Å². The lowest BCUT2D eigenvalue weighted by Gasteiger charge is -2.40. The molecule has 0 spiro atoms. The first-order chi connectivity index (χ1) is 39.2. The highest BCUT2D eigenvalue weighted by Crippen LogP contribution is 2.23. The fraction of sp³-hybridized carbons (Fsp3) is 0.826. The zero-order valence-electron chi connectivity index (χ0n) is 51.5. The van der Waals surface area contributed by atoms with Gasteiger partial charge in [0.2, 0.25) is 5.91 Å². The molecule has 0 aliphatic carbocycles. The van der Waals surface area contributed by atoms with Crippen LogP contribution in [-0.4, -0.2) is 100 Å². The van der Waals surface area contributed by atoms with Gasteiger partial charge in [0.15, 0.2) is 6.29 Å². The molecule has 0 aromatic heterocycles. The highest BCUT2D eigenvalue weighted by atomic mass is 16.7. The Kier molecular flexibility index (Phi) is 54.8. The minimum absolute atomic E-state index is 0.00144. The van der Waals surface area contributed by atoms with Crippen molar-refractivity contribution in [2.45, 2.75) is 346 Å². The molecule has 80 heavy (non-hydrogen) atoms. The van der Waals surface area contributed by atoms with E-state index in [1.165, 1.54) is 212 Å². The van der Waals surface area contributed by atoms with Gasteiger partial charge in [-0.05, 0) is 96.8 Å². The van der Waals surface area contributed by atoms with E-state index in [2.05, 4.69) is 54.8 Å². The molecule has 0 aromatic rings. The van der Waals surface area contributed by atoms with Crippen molar-refractivity contribution >= 4 is 11.9 Å². The van der Waals surface area contributed by atoms with Gasteiger partial charge in [-0.25, -0.2) is 0 Å². The Morgan fingerprint density at radius 1 is 0.475 bits per heavy atom. The van der Waals surface area contributed by atoms with Crippen LogP contribution in [0.2, 0.25) is 0 Å². The third kappa shape index (κ3) is 46.8. The van der Waals surface area contributed by atoms with E-state index < -0.39 is 49.5 Å². The minimum Gasteiger partial charge on any atom is -0.466 e. The van der Waals surface area contributed by atoms with Crippen LogP contribution in [-0.2, 0) is 23.8 Å². The zero-order chi connectivity index (χ0) is 58.0. The molecule has 7 unspecified atom stereocenters. The summed E-state index contributed by atoms with van der Waals surface area (Å²) in [5.74, 6) is -0.198. The lowest BCUT2D eigenvalue weighted by molar-refractivity contribution is -0.302. The Hall–Kier alpha value is -2.64. The number of aliphatic hydroxyl groups is 5. The largest absolute Gasteiger partial charge is 0.466 e. The lowest BCUT2D eigenvalue weighted by atomic mass is 9.99. The zero-order valence-corrected chi connectivity index (χ0v) is 51.5. The maximum Gasteiger partial charge on any atom is 0.305 e. The molecular formula is C69H125NO10. The molecule has 1 fully saturated rings. The van der Waals surface area contributed by atoms with Gasteiger partial charge in [0, 0.05) is 12.8 Å². The third-order valence-electron chi connectivity index (χ3n) is 15.6. The highest BCUT2D eigenvalue weighted by Gasteiger charge is 2.44. The summed E-state index contributed by atoms with van der Waals surface area (Å²) in [4.78, 5) is 25.0. The van der Waals surface area contributed by atoms with Gasteiger partial charge in [0.25, 0.3) is 0 Å². The van der Waals surface area contributed by atoms with Crippen molar-refractivity contribution in [3.05, 3.63) is 60.8 Å². The van der Waals surface area contributed by atoms with Gasteiger partial charge in [-0.1, -0.05) is 254 Å². The number of rotatable bonds is 58. The SMILES string of the molecule is C/C=C/CC/C=C/CC/C=C/C(O)C(COC1OC(CO)C(O)C(O)C1O)NC(=O)CCCCCCCCCCCCCCCCCC/C=C\CCCCCCCCCCCCCCOC(=O)CCCCCCC/C=C\CCCC. The van der Waals surface area contributed by atoms with E-state index in [0.29, 0.717) is 19.4 Å². The van der Waals surface area contributed by atoms with Crippen LogP contribution in [0.3, 0.4) is 0 Å². The Balaban J connectivity index is 1.93. The molecule has 11 heteroatoms. The van der Waals surface area contributed by atoms with Crippen LogP contribution in [0, 0.1) is 0 Å². The molecule has 466 valence electrons. The lowest BCUT2D eigenvalue weighted by Crippen LogP contribution is -2.60. The smallest absolute Gasteiger partial charge is 0.305 e. The molecule has 1 saturated heterocycles. The van der Waals surface area contributed by atoms with Crippen molar-refractivity contribution in [1.29, 1.82) is 0 Å². The van der Waals surface area contributed by atoms with Crippen LogP contribution in [0.4, 0.5) is 0 Å². The molecule has 0 bridgehead atoms. The number of aliphatic hydroxyl groups excluding tert-OH is 5. The molecule has 1 heterocycles. The third-order valence-corrected chi connectivity index (χ3v) is 15.6. The minimum atomic E-state index is -1.58. The molecule has 1 aliphatic rings. The van der Waals surface area contributed by atoms with Gasteiger partial charge in [0.05, 0.1) is 32.0 Å². The summed E-state index contributed by atoms with van der Waals surface area (Å²) in [5, 5.41) is 54.2. The van der Waals surface area contributed by atoms with Gasteiger partial charge in [-0.2, -0.15) is 0 Å². The first-order valence-corrected chi connectivity index (χ1v) is 33.5. The highest BCUT2D eigenvalue weighted by molar-refractivity contribution is 5.76. The monoisotopic (exact) mass is 1130 g/mol. The summed E-state index contributed by atoms with van der Waals surface area (Å²) in [7, 11) is 0. The summed E-state index contributed by atoms with van der Waals surface area (Å²) >= 11 is 0. The Bertz CT molecular complexity index is 1510. The van der Waals surface area contributed by atoms with Crippen molar-refractivity contribution in [3.8, 4) is 0 Å². The number of hydrogen-bond donors (Lipinski definition) is 6. The second kappa shape index (κ2) is 58.1. The topological polar surface area (TPSA) is 175 Å². The van der Waals surface area contributed by atoms with Gasteiger partial charge in [0.1, 0.15) is 24.4 Å². The molecule has 0 aromatic carbocycles. The number of nitrogens with one attached hydrogen (secondary N) is 1. The second-order valence-corrected chi connectivity index (χ2v) is 23.2. The molecule has 0 radical (unpaired) electrons. The van der Waals surface area contributed by atoms with E-state index in [1.807, 2.05) is 19.1 Å². The van der Waals surface area contributed by atoms with Crippen molar-refractivity contribution in [2.75, 3.05) is 19.8 Å². The summed E-state index contributed by atoms with van der Waals surface area (Å²) in [6, 6.07) is -0.832. The number of unbranched alkanes of at least 4 members (excludes halogenated alkanes) is 37. The van der Waals surface area contributed by atoms with E-state index in [-0.39, 0.29) is 18.5 Å². The van der Waals surface area contributed by atoms with Crippen molar-refractivity contribution in [3.63, 3.8) is 0 Å². The van der Waals surface area contributed by atoms with E-state index in [1.54, 1.807) is 6.08 Å². The first-order valence-electron chi connectivity index (χ1n) is 33.5. The van der Waals surface area contributed by atoms with Crippen LogP contribution in [0.1, 0.15) is 303 Å². The Morgan fingerprint density at radius 3 is 1.31 bits per heavy atom. The Labute approximate surface area is 490 Å². The summed E-state index contributed by atoms with van der Waals surface area (Å²) < 4.78 is 16.7. The molecule has 0 saturated carbocycles. The molecule has 1 amide bonds. The number of amides is 1.